The van der Waals surface area contributed by atoms with E-state index in [0.717, 1.165) is 47.9 Å². The molecule has 1 unspecified atom stereocenters. The number of fused-ring (bicyclic) bond motifs is 1. The molecular formula is C27H30FNO2. The molecule has 0 bridgehead atoms. The third-order valence-electron chi connectivity index (χ3n) is 6.57. The Morgan fingerprint density at radius 2 is 1.68 bits per heavy atom. The van der Waals surface area contributed by atoms with Gasteiger partial charge in [-0.2, -0.15) is 0 Å². The highest BCUT2D eigenvalue weighted by Gasteiger charge is 2.43. The number of hydrogen-bond donors (Lipinski definition) is 1. The highest BCUT2D eigenvalue weighted by Crippen LogP contribution is 2.42. The standard InChI is InChI=1S/C27H30FNO2/c1-3-19(2)31-25-16-15-24(20-11-5-6-12-21(20)25)29-26(30)27(17-9-4-10-18-27)22-13-7-8-14-23(22)28/h5-8,11-16,19H,3-4,9-10,17-18H2,1-2H3,(H,29,30). The summed E-state index contributed by atoms with van der Waals surface area (Å²) in [6.07, 6.45) is 5.26. The van der Waals surface area contributed by atoms with Gasteiger partial charge in [-0.15, -0.1) is 0 Å². The Morgan fingerprint density at radius 3 is 2.39 bits per heavy atom. The number of hydrogen-bond acceptors (Lipinski definition) is 2. The van der Waals surface area contributed by atoms with Crippen molar-refractivity contribution in [2.45, 2.75) is 63.9 Å². The second-order valence-corrected chi connectivity index (χ2v) is 8.57. The lowest BCUT2D eigenvalue weighted by molar-refractivity contribution is -0.122. The first-order valence-corrected chi connectivity index (χ1v) is 11.3. The van der Waals surface area contributed by atoms with Crippen LogP contribution in [0.5, 0.6) is 5.75 Å². The number of rotatable bonds is 6. The highest BCUT2D eigenvalue weighted by atomic mass is 19.1. The van der Waals surface area contributed by atoms with Crippen LogP contribution in [0.2, 0.25) is 0 Å². The molecule has 1 atom stereocenters. The van der Waals surface area contributed by atoms with E-state index in [-0.39, 0.29) is 17.8 Å². The van der Waals surface area contributed by atoms with Crippen LogP contribution in [-0.2, 0) is 10.2 Å². The van der Waals surface area contributed by atoms with Gasteiger partial charge < -0.3 is 10.1 Å². The van der Waals surface area contributed by atoms with Crippen LogP contribution in [0.3, 0.4) is 0 Å². The van der Waals surface area contributed by atoms with E-state index in [1.54, 1.807) is 12.1 Å². The van der Waals surface area contributed by atoms with Crippen LogP contribution < -0.4 is 10.1 Å². The van der Waals surface area contributed by atoms with Crippen molar-refractivity contribution in [1.82, 2.24) is 0 Å². The van der Waals surface area contributed by atoms with Gasteiger partial charge in [0.2, 0.25) is 5.91 Å². The summed E-state index contributed by atoms with van der Waals surface area (Å²) in [5, 5.41) is 5.04. The number of carbonyl (C=O) groups is 1. The summed E-state index contributed by atoms with van der Waals surface area (Å²) >= 11 is 0. The molecule has 1 amide bonds. The first-order valence-electron chi connectivity index (χ1n) is 11.3. The molecule has 0 spiro atoms. The summed E-state index contributed by atoms with van der Waals surface area (Å²) in [4.78, 5) is 13.7. The summed E-state index contributed by atoms with van der Waals surface area (Å²) in [5.74, 6) is 0.379. The quantitative estimate of drug-likeness (QED) is 0.467. The number of nitrogens with one attached hydrogen (secondary N) is 1. The minimum atomic E-state index is -0.837. The van der Waals surface area contributed by atoms with Crippen LogP contribution in [0.15, 0.2) is 60.7 Å². The summed E-state index contributed by atoms with van der Waals surface area (Å²) < 4.78 is 20.9. The van der Waals surface area contributed by atoms with Gasteiger partial charge in [-0.1, -0.05) is 68.7 Å². The molecule has 0 heterocycles. The van der Waals surface area contributed by atoms with Crippen LogP contribution in [0.4, 0.5) is 10.1 Å². The fourth-order valence-electron chi connectivity index (χ4n) is 4.65. The zero-order valence-electron chi connectivity index (χ0n) is 18.3. The second-order valence-electron chi connectivity index (χ2n) is 8.57. The Morgan fingerprint density at radius 1 is 1.00 bits per heavy atom. The number of anilines is 1. The molecule has 0 aromatic heterocycles. The topological polar surface area (TPSA) is 38.3 Å². The molecule has 4 rings (SSSR count). The van der Waals surface area contributed by atoms with Gasteiger partial charge in [-0.05, 0) is 44.4 Å². The van der Waals surface area contributed by atoms with Crippen LogP contribution in [0, 0.1) is 5.82 Å². The Labute approximate surface area is 183 Å². The molecule has 0 saturated heterocycles. The summed E-state index contributed by atoms with van der Waals surface area (Å²) in [6.45, 7) is 4.14. The van der Waals surface area contributed by atoms with Gasteiger partial charge in [0, 0.05) is 22.0 Å². The molecule has 3 aromatic rings. The maximum Gasteiger partial charge on any atom is 0.235 e. The van der Waals surface area contributed by atoms with Crippen molar-refractivity contribution in [2.24, 2.45) is 0 Å². The predicted molar refractivity (Wildman–Crippen MR) is 124 cm³/mol. The molecule has 4 heteroatoms. The fraction of sp³-hybridized carbons (Fsp3) is 0.370. The van der Waals surface area contributed by atoms with Crippen molar-refractivity contribution in [3.05, 3.63) is 72.0 Å². The Balaban J connectivity index is 1.72. The second kappa shape index (κ2) is 9.09. The Bertz CT molecular complexity index is 1070. The van der Waals surface area contributed by atoms with E-state index >= 15 is 0 Å². The lowest BCUT2D eigenvalue weighted by Crippen LogP contribution is -2.42. The van der Waals surface area contributed by atoms with Crippen molar-refractivity contribution >= 4 is 22.4 Å². The van der Waals surface area contributed by atoms with Gasteiger partial charge in [0.25, 0.3) is 0 Å². The minimum Gasteiger partial charge on any atom is -0.490 e. The zero-order valence-corrected chi connectivity index (χ0v) is 18.3. The zero-order chi connectivity index (χ0) is 21.8. The van der Waals surface area contributed by atoms with E-state index in [4.69, 9.17) is 4.74 Å². The normalized spacial score (nSPS) is 16.6. The average molecular weight is 420 g/mol. The number of amides is 1. The molecule has 3 aromatic carbocycles. The Hall–Kier alpha value is -2.88. The van der Waals surface area contributed by atoms with Crippen molar-refractivity contribution in [3.8, 4) is 5.75 Å². The summed E-state index contributed by atoms with van der Waals surface area (Å²) in [5.41, 5.74) is 0.406. The predicted octanol–water partition coefficient (Wildman–Crippen LogP) is 7.00. The van der Waals surface area contributed by atoms with Crippen LogP contribution in [-0.4, -0.2) is 12.0 Å². The first kappa shape index (κ1) is 21.4. The van der Waals surface area contributed by atoms with Gasteiger partial charge in [0.05, 0.1) is 11.5 Å². The van der Waals surface area contributed by atoms with Crippen LogP contribution in [0.1, 0.15) is 57.9 Å². The molecule has 0 radical (unpaired) electrons. The molecule has 3 nitrogen and oxygen atoms in total. The van der Waals surface area contributed by atoms with Crippen molar-refractivity contribution in [3.63, 3.8) is 0 Å². The first-order chi connectivity index (χ1) is 15.0. The monoisotopic (exact) mass is 419 g/mol. The number of carbonyl (C=O) groups excluding carboxylic acids is 1. The molecule has 31 heavy (non-hydrogen) atoms. The largest absolute Gasteiger partial charge is 0.490 e. The fourth-order valence-corrected chi connectivity index (χ4v) is 4.65. The highest BCUT2D eigenvalue weighted by molar-refractivity contribution is 6.07. The summed E-state index contributed by atoms with van der Waals surface area (Å²) in [6, 6.07) is 18.5. The third kappa shape index (κ3) is 4.16. The van der Waals surface area contributed by atoms with E-state index in [9.17, 15) is 9.18 Å². The van der Waals surface area contributed by atoms with Gasteiger partial charge in [0.1, 0.15) is 11.6 Å². The van der Waals surface area contributed by atoms with Crippen LogP contribution >= 0.6 is 0 Å². The minimum absolute atomic E-state index is 0.107. The number of benzene rings is 3. The average Bonchev–Trinajstić information content (AvgIpc) is 2.81. The molecular weight excluding hydrogens is 389 g/mol. The van der Waals surface area contributed by atoms with Gasteiger partial charge in [-0.25, -0.2) is 4.39 Å². The summed E-state index contributed by atoms with van der Waals surface area (Å²) in [7, 11) is 0. The van der Waals surface area contributed by atoms with E-state index in [2.05, 4.69) is 12.2 Å². The number of halogens is 1. The van der Waals surface area contributed by atoms with E-state index in [1.165, 1.54) is 6.07 Å². The number of ether oxygens (including phenoxy) is 1. The molecule has 1 N–H and O–H groups in total. The van der Waals surface area contributed by atoms with E-state index in [0.29, 0.717) is 18.4 Å². The maximum absolute atomic E-state index is 14.8. The van der Waals surface area contributed by atoms with Gasteiger partial charge in [-0.3, -0.25) is 4.79 Å². The van der Waals surface area contributed by atoms with E-state index in [1.807, 2.05) is 49.4 Å². The smallest absolute Gasteiger partial charge is 0.235 e. The maximum atomic E-state index is 14.8. The lowest BCUT2D eigenvalue weighted by atomic mass is 9.68. The van der Waals surface area contributed by atoms with Gasteiger partial charge in [0.15, 0.2) is 0 Å². The molecule has 1 aliphatic rings. The SMILES string of the molecule is CCC(C)Oc1ccc(NC(=O)C2(c3ccccc3F)CCCCC2)c2ccccc12. The van der Waals surface area contributed by atoms with Crippen molar-refractivity contribution in [1.29, 1.82) is 0 Å². The van der Waals surface area contributed by atoms with Gasteiger partial charge >= 0.3 is 0 Å². The Kier molecular flexibility index (Phi) is 6.26. The lowest BCUT2D eigenvalue weighted by Gasteiger charge is -2.36. The third-order valence-corrected chi connectivity index (χ3v) is 6.57. The van der Waals surface area contributed by atoms with E-state index < -0.39 is 5.41 Å². The van der Waals surface area contributed by atoms with Crippen molar-refractivity contribution in [2.75, 3.05) is 5.32 Å². The molecule has 1 fully saturated rings. The van der Waals surface area contributed by atoms with Crippen molar-refractivity contribution < 1.29 is 13.9 Å². The van der Waals surface area contributed by atoms with Crippen LogP contribution in [0.25, 0.3) is 10.8 Å². The molecule has 0 aliphatic heterocycles. The molecule has 1 aliphatic carbocycles. The molecule has 1 saturated carbocycles. The molecule has 162 valence electrons.